The van der Waals surface area contributed by atoms with E-state index in [9.17, 15) is 4.79 Å². The standard InChI is InChI=1S/C21H26N2O/c1-22(2)19-14-15-21(20(24)23(3)4,16-10-6-5-7-11-16)18-13-9-8-12-17(18)19/h5-13,19H,14-15H2,1-4H3. The first-order valence-electron chi connectivity index (χ1n) is 8.51. The van der Waals surface area contributed by atoms with Gasteiger partial charge in [0.1, 0.15) is 0 Å². The first-order chi connectivity index (χ1) is 11.5. The van der Waals surface area contributed by atoms with Crippen molar-refractivity contribution in [1.29, 1.82) is 0 Å². The van der Waals surface area contributed by atoms with E-state index in [-0.39, 0.29) is 5.91 Å². The molecule has 3 rings (SSSR count). The summed E-state index contributed by atoms with van der Waals surface area (Å²) in [5.41, 5.74) is 2.93. The lowest BCUT2D eigenvalue weighted by atomic mass is 9.63. The van der Waals surface area contributed by atoms with Crippen molar-refractivity contribution >= 4 is 5.91 Å². The summed E-state index contributed by atoms with van der Waals surface area (Å²) in [6.45, 7) is 0. The third-order valence-electron chi connectivity index (χ3n) is 5.23. The number of hydrogen-bond acceptors (Lipinski definition) is 2. The smallest absolute Gasteiger partial charge is 0.237 e. The third-order valence-corrected chi connectivity index (χ3v) is 5.23. The second-order valence-electron chi connectivity index (χ2n) is 7.08. The predicted molar refractivity (Wildman–Crippen MR) is 98.0 cm³/mol. The van der Waals surface area contributed by atoms with Crippen LogP contribution in [0.5, 0.6) is 0 Å². The molecule has 0 aliphatic heterocycles. The average Bonchev–Trinajstić information content (AvgIpc) is 2.60. The van der Waals surface area contributed by atoms with Crippen LogP contribution >= 0.6 is 0 Å². The zero-order valence-corrected chi connectivity index (χ0v) is 15.0. The maximum Gasteiger partial charge on any atom is 0.237 e. The highest BCUT2D eigenvalue weighted by Gasteiger charge is 2.47. The Hall–Kier alpha value is -2.13. The molecular formula is C21H26N2O. The van der Waals surface area contributed by atoms with Crippen LogP contribution in [0.15, 0.2) is 54.6 Å². The van der Waals surface area contributed by atoms with Crippen LogP contribution in [0.25, 0.3) is 0 Å². The topological polar surface area (TPSA) is 23.6 Å². The number of fused-ring (bicyclic) bond motifs is 1. The van der Waals surface area contributed by atoms with E-state index in [0.29, 0.717) is 6.04 Å². The molecule has 0 bridgehead atoms. The Kier molecular flexibility index (Phi) is 4.46. The van der Waals surface area contributed by atoms with E-state index < -0.39 is 5.41 Å². The van der Waals surface area contributed by atoms with Crippen LogP contribution in [-0.4, -0.2) is 43.9 Å². The molecule has 1 aliphatic carbocycles. The molecule has 24 heavy (non-hydrogen) atoms. The number of hydrogen-bond donors (Lipinski definition) is 0. The van der Waals surface area contributed by atoms with E-state index in [2.05, 4.69) is 55.4 Å². The molecule has 0 fully saturated rings. The highest BCUT2D eigenvalue weighted by molar-refractivity contribution is 5.92. The zero-order chi connectivity index (χ0) is 17.3. The minimum atomic E-state index is -0.589. The lowest BCUT2D eigenvalue weighted by molar-refractivity contribution is -0.134. The van der Waals surface area contributed by atoms with Gasteiger partial charge in [-0.2, -0.15) is 0 Å². The summed E-state index contributed by atoms with van der Waals surface area (Å²) < 4.78 is 0. The van der Waals surface area contributed by atoms with Crippen molar-refractivity contribution < 1.29 is 4.79 Å². The second kappa shape index (κ2) is 6.40. The fourth-order valence-corrected chi connectivity index (χ4v) is 4.11. The van der Waals surface area contributed by atoms with Crippen molar-refractivity contribution in [3.8, 4) is 0 Å². The van der Waals surface area contributed by atoms with Crippen LogP contribution in [0.4, 0.5) is 0 Å². The van der Waals surface area contributed by atoms with E-state index in [0.717, 1.165) is 24.0 Å². The van der Waals surface area contributed by atoms with E-state index in [1.54, 1.807) is 4.90 Å². The van der Waals surface area contributed by atoms with Gasteiger partial charge >= 0.3 is 0 Å². The lowest BCUT2D eigenvalue weighted by Crippen LogP contribution is -2.48. The monoisotopic (exact) mass is 322 g/mol. The van der Waals surface area contributed by atoms with Gasteiger partial charge in [-0.1, -0.05) is 54.6 Å². The number of carbonyl (C=O) groups excluding carboxylic acids is 1. The van der Waals surface area contributed by atoms with E-state index >= 15 is 0 Å². The number of rotatable bonds is 3. The van der Waals surface area contributed by atoms with Gasteiger partial charge < -0.3 is 9.80 Å². The Morgan fingerprint density at radius 1 is 0.958 bits per heavy atom. The Labute approximate surface area is 144 Å². The fourth-order valence-electron chi connectivity index (χ4n) is 4.11. The summed E-state index contributed by atoms with van der Waals surface area (Å²) in [6, 6.07) is 19.1. The molecule has 2 aromatic carbocycles. The van der Waals surface area contributed by atoms with Crippen molar-refractivity contribution in [2.75, 3.05) is 28.2 Å². The largest absolute Gasteiger partial charge is 0.348 e. The van der Waals surface area contributed by atoms with Gasteiger partial charge in [0.25, 0.3) is 0 Å². The Balaban J connectivity index is 2.27. The Morgan fingerprint density at radius 2 is 1.58 bits per heavy atom. The molecule has 0 aromatic heterocycles. The maximum absolute atomic E-state index is 13.4. The van der Waals surface area contributed by atoms with Crippen LogP contribution in [0.3, 0.4) is 0 Å². The molecule has 1 aliphatic rings. The minimum absolute atomic E-state index is 0.165. The molecule has 2 unspecified atom stereocenters. The van der Waals surface area contributed by atoms with Gasteiger partial charge in [-0.25, -0.2) is 0 Å². The first kappa shape index (κ1) is 16.7. The molecule has 0 saturated heterocycles. The summed E-state index contributed by atoms with van der Waals surface area (Å²) >= 11 is 0. The highest BCUT2D eigenvalue weighted by Crippen LogP contribution is 2.48. The molecule has 0 N–H and O–H groups in total. The second-order valence-corrected chi connectivity index (χ2v) is 7.08. The van der Waals surface area contributed by atoms with Crippen molar-refractivity contribution in [3.63, 3.8) is 0 Å². The third kappa shape index (κ3) is 2.53. The lowest BCUT2D eigenvalue weighted by Gasteiger charge is -2.44. The van der Waals surface area contributed by atoms with E-state index in [1.807, 2.05) is 32.3 Å². The number of likely N-dealkylation sites (N-methyl/N-ethyl adjacent to an activating group) is 1. The van der Waals surface area contributed by atoms with Gasteiger partial charge in [-0.15, -0.1) is 0 Å². The normalized spacial score (nSPS) is 23.0. The molecule has 0 heterocycles. The Bertz CT molecular complexity index is 724. The average molecular weight is 322 g/mol. The van der Waals surface area contributed by atoms with Gasteiger partial charge in [-0.05, 0) is 43.6 Å². The molecule has 2 aromatic rings. The summed E-state index contributed by atoms with van der Waals surface area (Å²) in [5.74, 6) is 0.165. The van der Waals surface area contributed by atoms with Gasteiger partial charge in [0.2, 0.25) is 5.91 Å². The Morgan fingerprint density at radius 3 is 2.21 bits per heavy atom. The summed E-state index contributed by atoms with van der Waals surface area (Å²) in [6.07, 6.45) is 1.80. The number of nitrogens with zero attached hydrogens (tertiary/aromatic N) is 2. The molecule has 1 amide bonds. The van der Waals surface area contributed by atoms with E-state index in [4.69, 9.17) is 0 Å². The molecule has 126 valence electrons. The molecule has 3 nitrogen and oxygen atoms in total. The molecule has 0 radical (unpaired) electrons. The highest BCUT2D eigenvalue weighted by atomic mass is 16.2. The van der Waals surface area contributed by atoms with Crippen LogP contribution in [0, 0.1) is 0 Å². The SMILES string of the molecule is CN(C)C(=O)C1(c2ccccc2)CCC(N(C)C)c2ccccc21. The van der Waals surface area contributed by atoms with Crippen molar-refractivity contribution in [2.45, 2.75) is 24.3 Å². The van der Waals surface area contributed by atoms with Crippen LogP contribution < -0.4 is 0 Å². The number of benzene rings is 2. The van der Waals surface area contributed by atoms with Gasteiger partial charge in [0, 0.05) is 20.1 Å². The van der Waals surface area contributed by atoms with Gasteiger partial charge in [0.05, 0.1) is 5.41 Å². The fraction of sp³-hybridized carbons (Fsp3) is 0.381. The van der Waals surface area contributed by atoms with E-state index in [1.165, 1.54) is 5.56 Å². The maximum atomic E-state index is 13.4. The number of amides is 1. The molecule has 0 spiro atoms. The molecule has 2 atom stereocenters. The predicted octanol–water partition coefficient (Wildman–Crippen LogP) is 3.46. The molecular weight excluding hydrogens is 296 g/mol. The van der Waals surface area contributed by atoms with Crippen LogP contribution in [0.2, 0.25) is 0 Å². The van der Waals surface area contributed by atoms with Crippen molar-refractivity contribution in [2.24, 2.45) is 0 Å². The zero-order valence-electron chi connectivity index (χ0n) is 15.0. The minimum Gasteiger partial charge on any atom is -0.348 e. The molecule has 3 heteroatoms. The first-order valence-corrected chi connectivity index (χ1v) is 8.51. The number of carbonyl (C=O) groups is 1. The summed E-state index contributed by atoms with van der Waals surface area (Å²) in [5, 5.41) is 0. The quantitative estimate of drug-likeness (QED) is 0.864. The van der Waals surface area contributed by atoms with Gasteiger partial charge in [-0.3, -0.25) is 4.79 Å². The van der Waals surface area contributed by atoms with Crippen LogP contribution in [0.1, 0.15) is 35.6 Å². The molecule has 0 saturated carbocycles. The van der Waals surface area contributed by atoms with Crippen molar-refractivity contribution in [3.05, 3.63) is 71.3 Å². The summed E-state index contributed by atoms with van der Waals surface area (Å²) in [7, 11) is 7.94. The van der Waals surface area contributed by atoms with Gasteiger partial charge in [0.15, 0.2) is 0 Å². The van der Waals surface area contributed by atoms with Crippen molar-refractivity contribution in [1.82, 2.24) is 9.80 Å². The van der Waals surface area contributed by atoms with Crippen LogP contribution in [-0.2, 0) is 10.2 Å². The summed E-state index contributed by atoms with van der Waals surface area (Å²) in [4.78, 5) is 17.4.